The zero-order valence-corrected chi connectivity index (χ0v) is 15.1. The highest BCUT2D eigenvalue weighted by Gasteiger charge is 2.32. The van der Waals surface area contributed by atoms with E-state index in [0.29, 0.717) is 18.4 Å². The first-order chi connectivity index (χ1) is 9.27. The second kappa shape index (κ2) is 6.28. The van der Waals surface area contributed by atoms with E-state index < -0.39 is 9.84 Å². The molecule has 0 amide bonds. The van der Waals surface area contributed by atoms with Crippen molar-refractivity contribution in [2.45, 2.75) is 30.9 Å². The highest BCUT2D eigenvalue weighted by Crippen LogP contribution is 2.32. The Kier molecular flexibility index (Phi) is 5.08. The molecular weight excluding hydrogens is 408 g/mol. The maximum atomic E-state index is 12.5. The van der Waals surface area contributed by atoms with Gasteiger partial charge in [-0.05, 0) is 37.5 Å². The Bertz CT molecular complexity index is 605. The van der Waals surface area contributed by atoms with E-state index in [4.69, 9.17) is 0 Å². The summed E-state index contributed by atoms with van der Waals surface area (Å²) in [6.07, 6.45) is 3.95. The fourth-order valence-electron chi connectivity index (χ4n) is 2.70. The van der Waals surface area contributed by atoms with Crippen LogP contribution in [0.15, 0.2) is 27.1 Å². The number of halogens is 2. The van der Waals surface area contributed by atoms with E-state index >= 15 is 0 Å². The number of Topliss-reactive ketones (excluding diaryl/α,β-unsaturated/α-hetero) is 1. The minimum Gasteiger partial charge on any atom is -0.294 e. The molecule has 0 N–H and O–H groups in total. The van der Waals surface area contributed by atoms with E-state index in [-0.39, 0.29) is 17.0 Å². The second-order valence-electron chi connectivity index (χ2n) is 5.34. The lowest BCUT2D eigenvalue weighted by Gasteiger charge is -2.27. The van der Waals surface area contributed by atoms with Crippen molar-refractivity contribution in [3.8, 4) is 0 Å². The Morgan fingerprint density at radius 3 is 2.30 bits per heavy atom. The molecule has 2 unspecified atom stereocenters. The first-order valence-electron chi connectivity index (χ1n) is 6.46. The molecule has 20 heavy (non-hydrogen) atoms. The number of ketones is 1. The van der Waals surface area contributed by atoms with E-state index in [9.17, 15) is 13.2 Å². The van der Waals surface area contributed by atoms with E-state index in [2.05, 4.69) is 31.9 Å². The minimum atomic E-state index is -3.06. The second-order valence-corrected chi connectivity index (χ2v) is 9.49. The molecule has 1 aromatic rings. The summed E-state index contributed by atoms with van der Waals surface area (Å²) in [7, 11) is -3.06. The van der Waals surface area contributed by atoms with Crippen molar-refractivity contribution >= 4 is 47.5 Å². The van der Waals surface area contributed by atoms with Crippen LogP contribution in [0.2, 0.25) is 0 Å². The van der Waals surface area contributed by atoms with Gasteiger partial charge in [-0.3, -0.25) is 4.79 Å². The van der Waals surface area contributed by atoms with Crippen molar-refractivity contribution in [3.05, 3.63) is 32.7 Å². The van der Waals surface area contributed by atoms with Crippen molar-refractivity contribution in [1.29, 1.82) is 0 Å². The van der Waals surface area contributed by atoms with Crippen LogP contribution in [-0.4, -0.2) is 25.7 Å². The van der Waals surface area contributed by atoms with Crippen molar-refractivity contribution < 1.29 is 13.2 Å². The summed E-state index contributed by atoms with van der Waals surface area (Å²) in [6, 6.07) is 5.45. The molecule has 6 heteroatoms. The van der Waals surface area contributed by atoms with Crippen molar-refractivity contribution in [2.75, 3.05) is 6.26 Å². The third kappa shape index (κ3) is 3.92. The number of hydrogen-bond acceptors (Lipinski definition) is 3. The topological polar surface area (TPSA) is 51.2 Å². The number of benzene rings is 1. The van der Waals surface area contributed by atoms with Gasteiger partial charge in [-0.25, -0.2) is 8.42 Å². The summed E-state index contributed by atoms with van der Waals surface area (Å²) in [5, 5.41) is -0.374. The highest BCUT2D eigenvalue weighted by atomic mass is 79.9. The molecule has 1 aliphatic carbocycles. The number of carbonyl (C=O) groups is 1. The van der Waals surface area contributed by atoms with Gasteiger partial charge in [0.05, 0.1) is 5.25 Å². The third-order valence-electron chi connectivity index (χ3n) is 3.75. The molecule has 3 nitrogen and oxygen atoms in total. The molecule has 0 heterocycles. The summed E-state index contributed by atoms with van der Waals surface area (Å²) in [5.74, 6) is -0.148. The van der Waals surface area contributed by atoms with Gasteiger partial charge in [-0.2, -0.15) is 0 Å². The number of hydrogen-bond donors (Lipinski definition) is 0. The first kappa shape index (κ1) is 16.2. The minimum absolute atomic E-state index is 0.0420. The Morgan fingerprint density at radius 1 is 1.15 bits per heavy atom. The molecule has 110 valence electrons. The van der Waals surface area contributed by atoms with Crippen LogP contribution in [0.3, 0.4) is 0 Å². The van der Waals surface area contributed by atoms with Crippen LogP contribution in [0.25, 0.3) is 0 Å². The monoisotopic (exact) mass is 422 g/mol. The lowest BCUT2D eigenvalue weighted by molar-refractivity contribution is 0.0891. The van der Waals surface area contributed by atoms with Crippen LogP contribution in [0.4, 0.5) is 0 Å². The van der Waals surface area contributed by atoms with Gasteiger partial charge in [0.2, 0.25) is 0 Å². The summed E-state index contributed by atoms with van der Waals surface area (Å²) >= 11 is 6.74. The lowest BCUT2D eigenvalue weighted by atomic mass is 9.83. The molecule has 1 saturated carbocycles. The SMILES string of the molecule is CS(=O)(=O)C1CCCC(C(=O)c2cc(Br)cc(Br)c2)C1. The van der Waals surface area contributed by atoms with Gasteiger partial charge >= 0.3 is 0 Å². The van der Waals surface area contributed by atoms with Crippen LogP contribution in [-0.2, 0) is 9.84 Å². The van der Waals surface area contributed by atoms with Gasteiger partial charge in [0.1, 0.15) is 9.84 Å². The standard InChI is InChI=1S/C14H16Br2O3S/c1-20(18,19)13-4-2-3-9(7-13)14(17)10-5-11(15)8-12(16)6-10/h5-6,8-9,13H,2-4,7H2,1H3. The average Bonchev–Trinajstić information content (AvgIpc) is 2.36. The average molecular weight is 424 g/mol. The number of sulfone groups is 1. The largest absolute Gasteiger partial charge is 0.294 e. The van der Waals surface area contributed by atoms with Gasteiger partial charge in [-0.15, -0.1) is 0 Å². The summed E-state index contributed by atoms with van der Waals surface area (Å²) < 4.78 is 25.0. The Labute approximate surface area is 136 Å². The summed E-state index contributed by atoms with van der Waals surface area (Å²) in [6.45, 7) is 0. The summed E-state index contributed by atoms with van der Waals surface area (Å²) in [4.78, 5) is 12.5. The predicted octanol–water partition coefficient (Wildman–Crippen LogP) is 4.00. The van der Waals surface area contributed by atoms with Crippen molar-refractivity contribution in [2.24, 2.45) is 5.92 Å². The van der Waals surface area contributed by atoms with Crippen LogP contribution in [0, 0.1) is 5.92 Å². The van der Waals surface area contributed by atoms with Gasteiger partial charge < -0.3 is 0 Å². The number of carbonyl (C=O) groups excluding carboxylic acids is 1. The predicted molar refractivity (Wildman–Crippen MR) is 86.8 cm³/mol. The zero-order chi connectivity index (χ0) is 14.9. The van der Waals surface area contributed by atoms with E-state index in [1.165, 1.54) is 6.26 Å². The zero-order valence-electron chi connectivity index (χ0n) is 11.1. The summed E-state index contributed by atoms with van der Waals surface area (Å²) in [5.41, 5.74) is 0.630. The highest BCUT2D eigenvalue weighted by molar-refractivity contribution is 9.11. The molecule has 2 rings (SSSR count). The molecule has 0 radical (unpaired) electrons. The molecule has 1 aliphatic rings. The van der Waals surface area contributed by atoms with Crippen LogP contribution in [0.5, 0.6) is 0 Å². The molecule has 0 saturated heterocycles. The molecule has 0 bridgehead atoms. The maximum Gasteiger partial charge on any atom is 0.166 e. The maximum absolute atomic E-state index is 12.5. The molecule has 2 atom stereocenters. The van der Waals surface area contributed by atoms with E-state index in [1.807, 2.05) is 6.07 Å². The Balaban J connectivity index is 2.20. The molecule has 1 aromatic carbocycles. The van der Waals surface area contributed by atoms with E-state index in [1.54, 1.807) is 12.1 Å². The lowest BCUT2D eigenvalue weighted by Crippen LogP contribution is -2.31. The van der Waals surface area contributed by atoms with Crippen molar-refractivity contribution in [3.63, 3.8) is 0 Å². The molecule has 0 aromatic heterocycles. The van der Waals surface area contributed by atoms with Gasteiger partial charge in [0, 0.05) is 26.7 Å². The first-order valence-corrected chi connectivity index (χ1v) is 10.0. The molecular formula is C14H16Br2O3S. The van der Waals surface area contributed by atoms with Crippen molar-refractivity contribution in [1.82, 2.24) is 0 Å². The molecule has 0 aliphatic heterocycles. The molecule has 1 fully saturated rings. The Morgan fingerprint density at radius 2 is 1.75 bits per heavy atom. The number of rotatable bonds is 3. The van der Waals surface area contributed by atoms with Gasteiger partial charge in [0.25, 0.3) is 0 Å². The Hall–Kier alpha value is -0.200. The quantitative estimate of drug-likeness (QED) is 0.690. The van der Waals surface area contributed by atoms with Crippen LogP contribution in [0.1, 0.15) is 36.0 Å². The fraction of sp³-hybridized carbons (Fsp3) is 0.500. The molecule has 0 spiro atoms. The van der Waals surface area contributed by atoms with Crippen LogP contribution >= 0.6 is 31.9 Å². The third-order valence-corrected chi connectivity index (χ3v) is 6.30. The smallest absolute Gasteiger partial charge is 0.166 e. The van der Waals surface area contributed by atoms with Crippen LogP contribution < -0.4 is 0 Å². The van der Waals surface area contributed by atoms with Gasteiger partial charge in [0.15, 0.2) is 5.78 Å². The fourth-order valence-corrected chi connectivity index (χ4v) is 5.17. The normalized spacial score (nSPS) is 23.6. The van der Waals surface area contributed by atoms with E-state index in [0.717, 1.165) is 21.8 Å². The van der Waals surface area contributed by atoms with Gasteiger partial charge in [-0.1, -0.05) is 38.3 Å².